The molecule has 1 fully saturated rings. The molecule has 1 N–H and O–H groups in total. The molecule has 0 bridgehead atoms. The van der Waals surface area contributed by atoms with Gasteiger partial charge < -0.3 is 10.2 Å². The van der Waals surface area contributed by atoms with E-state index in [0.29, 0.717) is 6.54 Å². The molecule has 1 aromatic heterocycles. The Morgan fingerprint density at radius 2 is 1.94 bits per heavy atom. The van der Waals surface area contributed by atoms with Crippen LogP contribution in [0.5, 0.6) is 0 Å². The molecular weight excluding hydrogens is 202 g/mol. The van der Waals surface area contributed by atoms with Crippen LogP contribution in [0, 0.1) is 0 Å². The van der Waals surface area contributed by atoms with Gasteiger partial charge in [0.25, 0.3) is 0 Å². The summed E-state index contributed by atoms with van der Waals surface area (Å²) >= 11 is 0. The van der Waals surface area contributed by atoms with Crippen molar-refractivity contribution in [3.05, 3.63) is 24.5 Å². The number of rotatable bonds is 3. The second kappa shape index (κ2) is 5.49. The van der Waals surface area contributed by atoms with Crippen LogP contribution in [0.15, 0.2) is 24.5 Å². The topological polar surface area (TPSA) is 45.2 Å². The highest BCUT2D eigenvalue weighted by atomic mass is 16.2. The van der Waals surface area contributed by atoms with Gasteiger partial charge in [-0.1, -0.05) is 0 Å². The molecule has 0 radical (unpaired) electrons. The molecule has 0 saturated carbocycles. The molecule has 4 heteroatoms. The Bertz CT molecular complexity index is 333. The molecule has 1 saturated heterocycles. The third kappa shape index (κ3) is 2.95. The Hall–Kier alpha value is -1.58. The average Bonchev–Trinajstić information content (AvgIpc) is 2.38. The van der Waals surface area contributed by atoms with Gasteiger partial charge in [0.2, 0.25) is 5.91 Å². The molecule has 1 aliphatic heterocycles. The fourth-order valence-electron chi connectivity index (χ4n) is 1.90. The minimum absolute atomic E-state index is 0.191. The quantitative estimate of drug-likeness (QED) is 0.838. The van der Waals surface area contributed by atoms with E-state index in [4.69, 9.17) is 0 Å². The Morgan fingerprint density at radius 1 is 1.25 bits per heavy atom. The lowest BCUT2D eigenvalue weighted by molar-refractivity contribution is -0.130. The van der Waals surface area contributed by atoms with Gasteiger partial charge in [0, 0.05) is 31.2 Å². The van der Waals surface area contributed by atoms with Gasteiger partial charge in [0.05, 0.1) is 6.54 Å². The summed E-state index contributed by atoms with van der Waals surface area (Å²) in [6, 6.07) is 3.73. The van der Waals surface area contributed by atoms with Crippen molar-refractivity contribution in [2.45, 2.75) is 19.3 Å². The van der Waals surface area contributed by atoms with E-state index in [2.05, 4.69) is 10.3 Å². The maximum Gasteiger partial charge on any atom is 0.241 e. The molecule has 1 aromatic rings. The van der Waals surface area contributed by atoms with Crippen LogP contribution in [0.2, 0.25) is 0 Å². The molecule has 86 valence electrons. The first kappa shape index (κ1) is 10.9. The second-order valence-corrected chi connectivity index (χ2v) is 4.03. The van der Waals surface area contributed by atoms with Gasteiger partial charge in [0.15, 0.2) is 0 Å². The summed E-state index contributed by atoms with van der Waals surface area (Å²) in [7, 11) is 0. The molecule has 4 nitrogen and oxygen atoms in total. The largest absolute Gasteiger partial charge is 0.376 e. The Kier molecular flexibility index (Phi) is 3.75. The number of anilines is 1. The van der Waals surface area contributed by atoms with Crippen LogP contribution in [-0.4, -0.2) is 35.4 Å². The normalized spacial score (nSPS) is 15.9. The van der Waals surface area contributed by atoms with Crippen LogP contribution in [0.4, 0.5) is 5.69 Å². The Labute approximate surface area is 95.7 Å². The van der Waals surface area contributed by atoms with E-state index in [1.165, 1.54) is 6.42 Å². The monoisotopic (exact) mass is 219 g/mol. The zero-order valence-corrected chi connectivity index (χ0v) is 9.35. The van der Waals surface area contributed by atoms with E-state index in [1.54, 1.807) is 12.4 Å². The van der Waals surface area contributed by atoms with Crippen molar-refractivity contribution < 1.29 is 4.79 Å². The number of carbonyl (C=O) groups is 1. The number of carbonyl (C=O) groups excluding carboxylic acids is 1. The predicted molar refractivity (Wildman–Crippen MR) is 63.2 cm³/mol. The van der Waals surface area contributed by atoms with Crippen LogP contribution < -0.4 is 5.32 Å². The molecular formula is C12H17N3O. The van der Waals surface area contributed by atoms with Crippen LogP contribution in [0.25, 0.3) is 0 Å². The zero-order chi connectivity index (χ0) is 11.2. The third-order valence-corrected chi connectivity index (χ3v) is 2.83. The van der Waals surface area contributed by atoms with E-state index in [9.17, 15) is 4.79 Å². The summed E-state index contributed by atoms with van der Waals surface area (Å²) in [6.45, 7) is 2.21. The molecule has 1 aliphatic rings. The number of hydrogen-bond acceptors (Lipinski definition) is 3. The van der Waals surface area contributed by atoms with Gasteiger partial charge in [-0.05, 0) is 31.4 Å². The lowest BCUT2D eigenvalue weighted by Crippen LogP contribution is -2.39. The average molecular weight is 219 g/mol. The standard InChI is InChI=1S/C12H17N3O/c16-12(15-8-2-1-3-9-15)10-14-11-4-6-13-7-5-11/h4-7H,1-3,8-10H2,(H,13,14). The summed E-state index contributed by atoms with van der Waals surface area (Å²) in [4.78, 5) is 17.7. The molecule has 0 spiro atoms. The smallest absolute Gasteiger partial charge is 0.241 e. The lowest BCUT2D eigenvalue weighted by Gasteiger charge is -2.26. The highest BCUT2D eigenvalue weighted by Crippen LogP contribution is 2.09. The molecule has 1 amide bonds. The first-order chi connectivity index (χ1) is 7.86. The minimum atomic E-state index is 0.191. The summed E-state index contributed by atoms with van der Waals surface area (Å²) in [5.74, 6) is 0.191. The Morgan fingerprint density at radius 3 is 2.62 bits per heavy atom. The van der Waals surface area contributed by atoms with E-state index in [1.807, 2.05) is 17.0 Å². The van der Waals surface area contributed by atoms with Crippen molar-refractivity contribution in [1.29, 1.82) is 0 Å². The van der Waals surface area contributed by atoms with Gasteiger partial charge in [-0.3, -0.25) is 9.78 Å². The SMILES string of the molecule is O=C(CNc1ccncc1)N1CCCCC1. The predicted octanol–water partition coefficient (Wildman–Crippen LogP) is 1.51. The van der Waals surface area contributed by atoms with E-state index < -0.39 is 0 Å². The fraction of sp³-hybridized carbons (Fsp3) is 0.500. The molecule has 0 aliphatic carbocycles. The van der Waals surface area contributed by atoms with Gasteiger partial charge >= 0.3 is 0 Å². The molecule has 16 heavy (non-hydrogen) atoms. The molecule has 2 rings (SSSR count). The van der Waals surface area contributed by atoms with Crippen LogP contribution in [-0.2, 0) is 4.79 Å². The van der Waals surface area contributed by atoms with Gasteiger partial charge in [-0.25, -0.2) is 0 Å². The molecule has 0 aromatic carbocycles. The van der Waals surface area contributed by atoms with E-state index >= 15 is 0 Å². The molecule has 2 heterocycles. The summed E-state index contributed by atoms with van der Waals surface area (Å²) in [5.41, 5.74) is 0.945. The number of nitrogens with one attached hydrogen (secondary N) is 1. The first-order valence-corrected chi connectivity index (χ1v) is 5.78. The number of pyridine rings is 1. The van der Waals surface area contributed by atoms with Crippen molar-refractivity contribution in [3.63, 3.8) is 0 Å². The minimum Gasteiger partial charge on any atom is -0.376 e. The maximum absolute atomic E-state index is 11.8. The van der Waals surface area contributed by atoms with E-state index in [0.717, 1.165) is 31.6 Å². The fourth-order valence-corrected chi connectivity index (χ4v) is 1.90. The maximum atomic E-state index is 11.8. The second-order valence-electron chi connectivity index (χ2n) is 4.03. The number of nitrogens with zero attached hydrogens (tertiary/aromatic N) is 2. The molecule has 0 atom stereocenters. The number of likely N-dealkylation sites (tertiary alicyclic amines) is 1. The zero-order valence-electron chi connectivity index (χ0n) is 9.35. The van der Waals surface area contributed by atoms with Crippen molar-refractivity contribution in [1.82, 2.24) is 9.88 Å². The summed E-state index contributed by atoms with van der Waals surface area (Å²) in [6.07, 6.45) is 6.96. The van der Waals surface area contributed by atoms with Crippen LogP contribution >= 0.6 is 0 Å². The van der Waals surface area contributed by atoms with E-state index in [-0.39, 0.29) is 5.91 Å². The van der Waals surface area contributed by atoms with Crippen molar-refractivity contribution in [3.8, 4) is 0 Å². The van der Waals surface area contributed by atoms with Gasteiger partial charge in [-0.2, -0.15) is 0 Å². The number of amides is 1. The lowest BCUT2D eigenvalue weighted by atomic mass is 10.1. The van der Waals surface area contributed by atoms with Gasteiger partial charge in [-0.15, -0.1) is 0 Å². The summed E-state index contributed by atoms with van der Waals surface area (Å²) in [5, 5.41) is 3.11. The summed E-state index contributed by atoms with van der Waals surface area (Å²) < 4.78 is 0. The number of aromatic nitrogens is 1. The first-order valence-electron chi connectivity index (χ1n) is 5.78. The third-order valence-electron chi connectivity index (χ3n) is 2.83. The highest BCUT2D eigenvalue weighted by Gasteiger charge is 2.15. The van der Waals surface area contributed by atoms with Crippen LogP contribution in [0.1, 0.15) is 19.3 Å². The van der Waals surface area contributed by atoms with Crippen molar-refractivity contribution in [2.75, 3.05) is 25.0 Å². The Balaban J connectivity index is 1.79. The number of hydrogen-bond donors (Lipinski definition) is 1. The van der Waals surface area contributed by atoms with Crippen molar-refractivity contribution >= 4 is 11.6 Å². The van der Waals surface area contributed by atoms with Crippen LogP contribution in [0.3, 0.4) is 0 Å². The number of piperidine rings is 1. The van der Waals surface area contributed by atoms with Crippen molar-refractivity contribution in [2.24, 2.45) is 0 Å². The highest BCUT2D eigenvalue weighted by molar-refractivity contribution is 5.80. The molecule has 0 unspecified atom stereocenters. The van der Waals surface area contributed by atoms with Gasteiger partial charge in [0.1, 0.15) is 0 Å².